The summed E-state index contributed by atoms with van der Waals surface area (Å²) in [5.74, 6) is 0.506. The number of halogens is 2. The first-order valence-corrected chi connectivity index (χ1v) is 6.17. The van der Waals surface area contributed by atoms with Crippen LogP contribution in [0.2, 0.25) is 0 Å². The summed E-state index contributed by atoms with van der Waals surface area (Å²) in [5, 5.41) is 0. The second-order valence-electron chi connectivity index (χ2n) is 4.52. The Kier molecular flexibility index (Phi) is 4.36. The third kappa shape index (κ3) is 3.32. The predicted molar refractivity (Wildman–Crippen MR) is 67.4 cm³/mol. The van der Waals surface area contributed by atoms with Gasteiger partial charge in [0.15, 0.2) is 0 Å². The molecule has 3 nitrogen and oxygen atoms in total. The van der Waals surface area contributed by atoms with Gasteiger partial charge in [-0.05, 0) is 25.0 Å². The van der Waals surface area contributed by atoms with E-state index in [0.717, 1.165) is 31.6 Å². The molecule has 0 amide bonds. The summed E-state index contributed by atoms with van der Waals surface area (Å²) in [6, 6.07) is 7.41. The van der Waals surface area contributed by atoms with E-state index in [2.05, 4.69) is 4.90 Å². The van der Waals surface area contributed by atoms with Crippen LogP contribution in [0.4, 0.5) is 14.5 Å². The number of nitrogens with zero attached hydrogens (tertiary/aromatic N) is 1. The van der Waals surface area contributed by atoms with E-state index in [0.29, 0.717) is 5.75 Å². The quantitative estimate of drug-likeness (QED) is 0.898. The summed E-state index contributed by atoms with van der Waals surface area (Å²) in [6.45, 7) is 1.06. The number of benzene rings is 1. The normalized spacial score (nSPS) is 20.2. The number of alkyl halides is 2. The zero-order valence-electron chi connectivity index (χ0n) is 10.2. The van der Waals surface area contributed by atoms with Crippen LogP contribution >= 0.6 is 0 Å². The van der Waals surface area contributed by atoms with Crippen molar-refractivity contribution in [3.63, 3.8) is 0 Å². The largest absolute Gasteiger partial charge is 0.485 e. The Morgan fingerprint density at radius 2 is 2.17 bits per heavy atom. The van der Waals surface area contributed by atoms with E-state index in [1.807, 2.05) is 12.1 Å². The van der Waals surface area contributed by atoms with Gasteiger partial charge in [0.1, 0.15) is 12.4 Å². The van der Waals surface area contributed by atoms with Gasteiger partial charge in [-0.25, -0.2) is 8.78 Å². The summed E-state index contributed by atoms with van der Waals surface area (Å²) in [4.78, 5) is 2.11. The zero-order chi connectivity index (χ0) is 13.0. The highest BCUT2D eigenvalue weighted by molar-refractivity contribution is 5.58. The molecule has 0 aromatic heterocycles. The lowest BCUT2D eigenvalue weighted by Crippen LogP contribution is -2.43. The Balaban J connectivity index is 2.10. The maximum absolute atomic E-state index is 12.2. The van der Waals surface area contributed by atoms with Gasteiger partial charge in [0.2, 0.25) is 0 Å². The van der Waals surface area contributed by atoms with E-state index < -0.39 is 13.0 Å². The van der Waals surface area contributed by atoms with Gasteiger partial charge in [0.25, 0.3) is 6.43 Å². The number of piperidine rings is 1. The SMILES string of the molecule is NC1CCCN(c2ccccc2OCC(F)F)C1. The van der Waals surface area contributed by atoms with Crippen LogP contribution in [0.3, 0.4) is 0 Å². The fourth-order valence-corrected chi connectivity index (χ4v) is 2.22. The van der Waals surface area contributed by atoms with Gasteiger partial charge in [0, 0.05) is 19.1 Å². The fourth-order valence-electron chi connectivity index (χ4n) is 2.22. The molecule has 0 saturated carbocycles. The number of ether oxygens (including phenoxy) is 1. The van der Waals surface area contributed by atoms with E-state index in [4.69, 9.17) is 10.5 Å². The Morgan fingerprint density at radius 3 is 2.89 bits per heavy atom. The predicted octanol–water partition coefficient (Wildman–Crippen LogP) is 2.26. The van der Waals surface area contributed by atoms with Crippen molar-refractivity contribution < 1.29 is 13.5 Å². The minimum absolute atomic E-state index is 0.141. The molecule has 1 aliphatic heterocycles. The number of nitrogens with two attached hydrogens (primary N) is 1. The molecule has 2 N–H and O–H groups in total. The second-order valence-corrected chi connectivity index (χ2v) is 4.52. The molecule has 1 saturated heterocycles. The fraction of sp³-hybridized carbons (Fsp3) is 0.538. The van der Waals surface area contributed by atoms with Crippen LogP contribution in [-0.2, 0) is 0 Å². The third-order valence-electron chi connectivity index (χ3n) is 3.03. The van der Waals surface area contributed by atoms with Crippen LogP contribution in [0.15, 0.2) is 24.3 Å². The average molecular weight is 256 g/mol. The molecule has 1 aromatic rings. The van der Waals surface area contributed by atoms with Gasteiger partial charge in [-0.2, -0.15) is 0 Å². The summed E-state index contributed by atoms with van der Waals surface area (Å²) in [5.41, 5.74) is 6.79. The van der Waals surface area contributed by atoms with Crippen LogP contribution < -0.4 is 15.4 Å². The Morgan fingerprint density at radius 1 is 1.39 bits per heavy atom. The summed E-state index contributed by atoms with van der Waals surface area (Å²) < 4.78 is 29.6. The summed E-state index contributed by atoms with van der Waals surface area (Å²) in [6.07, 6.45) is -0.428. The van der Waals surface area contributed by atoms with Gasteiger partial charge in [-0.15, -0.1) is 0 Å². The zero-order valence-corrected chi connectivity index (χ0v) is 10.2. The van der Waals surface area contributed by atoms with Crippen molar-refractivity contribution in [3.05, 3.63) is 24.3 Å². The lowest BCUT2D eigenvalue weighted by atomic mass is 10.1. The van der Waals surface area contributed by atoms with Crippen molar-refractivity contribution in [2.24, 2.45) is 5.73 Å². The molecule has 0 spiro atoms. The molecule has 0 bridgehead atoms. The topological polar surface area (TPSA) is 38.5 Å². The third-order valence-corrected chi connectivity index (χ3v) is 3.03. The van der Waals surface area contributed by atoms with E-state index >= 15 is 0 Å². The number of anilines is 1. The van der Waals surface area contributed by atoms with Crippen LogP contribution in [0.1, 0.15) is 12.8 Å². The summed E-state index contributed by atoms with van der Waals surface area (Å²) in [7, 11) is 0. The molecule has 18 heavy (non-hydrogen) atoms. The lowest BCUT2D eigenvalue weighted by Gasteiger charge is -2.33. The Bertz CT molecular complexity index is 387. The van der Waals surface area contributed by atoms with Gasteiger partial charge in [0.05, 0.1) is 5.69 Å². The van der Waals surface area contributed by atoms with E-state index in [1.165, 1.54) is 0 Å². The average Bonchev–Trinajstić information content (AvgIpc) is 2.36. The molecule has 0 aliphatic carbocycles. The molecule has 0 radical (unpaired) electrons. The van der Waals surface area contributed by atoms with Crippen LogP contribution in [0, 0.1) is 0 Å². The highest BCUT2D eigenvalue weighted by Gasteiger charge is 2.19. The van der Waals surface area contributed by atoms with Crippen molar-refractivity contribution in [2.45, 2.75) is 25.3 Å². The van der Waals surface area contributed by atoms with E-state index in [9.17, 15) is 8.78 Å². The van der Waals surface area contributed by atoms with Gasteiger partial charge in [-0.1, -0.05) is 12.1 Å². The first-order chi connectivity index (χ1) is 8.66. The van der Waals surface area contributed by atoms with E-state index in [1.54, 1.807) is 12.1 Å². The monoisotopic (exact) mass is 256 g/mol. The number of rotatable bonds is 4. The van der Waals surface area contributed by atoms with Crippen LogP contribution in [-0.4, -0.2) is 32.2 Å². The number of para-hydroxylation sites is 2. The van der Waals surface area contributed by atoms with Crippen molar-refractivity contribution in [1.82, 2.24) is 0 Å². The molecular weight excluding hydrogens is 238 g/mol. The highest BCUT2D eigenvalue weighted by Crippen LogP contribution is 2.30. The number of hydrogen-bond donors (Lipinski definition) is 1. The maximum atomic E-state index is 12.2. The second kappa shape index (κ2) is 6.00. The summed E-state index contributed by atoms with van der Waals surface area (Å²) >= 11 is 0. The molecule has 1 aromatic carbocycles. The van der Waals surface area contributed by atoms with Gasteiger partial charge >= 0.3 is 0 Å². The van der Waals surface area contributed by atoms with Crippen LogP contribution in [0.5, 0.6) is 5.75 Å². The first kappa shape index (κ1) is 13.1. The number of hydrogen-bond acceptors (Lipinski definition) is 3. The van der Waals surface area contributed by atoms with Crippen molar-refractivity contribution in [1.29, 1.82) is 0 Å². The smallest absolute Gasteiger partial charge is 0.272 e. The molecule has 1 atom stereocenters. The maximum Gasteiger partial charge on any atom is 0.272 e. The van der Waals surface area contributed by atoms with Crippen LogP contribution in [0.25, 0.3) is 0 Å². The molecule has 1 unspecified atom stereocenters. The van der Waals surface area contributed by atoms with Gasteiger partial charge < -0.3 is 15.4 Å². The lowest BCUT2D eigenvalue weighted by molar-refractivity contribution is 0.0821. The highest BCUT2D eigenvalue weighted by atomic mass is 19.3. The Labute approximate surface area is 106 Å². The Hall–Kier alpha value is -1.36. The molecule has 1 fully saturated rings. The first-order valence-electron chi connectivity index (χ1n) is 6.17. The molecule has 5 heteroatoms. The minimum Gasteiger partial charge on any atom is -0.485 e. The van der Waals surface area contributed by atoms with Crippen molar-refractivity contribution in [3.8, 4) is 5.75 Å². The molecule has 2 rings (SSSR count). The molecule has 1 aliphatic rings. The molecule has 100 valence electrons. The standard InChI is InChI=1S/C13H18F2N2O/c14-13(15)9-18-12-6-2-1-5-11(12)17-7-3-4-10(16)8-17/h1-2,5-6,10,13H,3-4,7-9,16H2. The minimum atomic E-state index is -2.46. The molecule has 1 heterocycles. The van der Waals surface area contributed by atoms with E-state index in [-0.39, 0.29) is 6.04 Å². The van der Waals surface area contributed by atoms with Crippen molar-refractivity contribution in [2.75, 3.05) is 24.6 Å². The van der Waals surface area contributed by atoms with Gasteiger partial charge in [-0.3, -0.25) is 0 Å². The molecular formula is C13H18F2N2O. The van der Waals surface area contributed by atoms with Crippen molar-refractivity contribution >= 4 is 5.69 Å².